The van der Waals surface area contributed by atoms with Crippen molar-refractivity contribution in [2.75, 3.05) is 5.32 Å². The van der Waals surface area contributed by atoms with E-state index in [1.165, 1.54) is 12.8 Å². The van der Waals surface area contributed by atoms with Gasteiger partial charge in [-0.2, -0.15) is 0 Å². The quantitative estimate of drug-likeness (QED) is 0.859. The van der Waals surface area contributed by atoms with E-state index in [2.05, 4.69) is 5.32 Å². The van der Waals surface area contributed by atoms with Gasteiger partial charge in [0.2, 0.25) is 5.91 Å². The molecular formula is C19H25NO4. The Morgan fingerprint density at radius 2 is 1.62 bits per heavy atom. The number of anilines is 1. The van der Waals surface area contributed by atoms with Crippen LogP contribution >= 0.6 is 0 Å². The van der Waals surface area contributed by atoms with Crippen molar-refractivity contribution in [3.05, 3.63) is 24.3 Å². The molecule has 1 aromatic carbocycles. The predicted molar refractivity (Wildman–Crippen MR) is 91.0 cm³/mol. The van der Waals surface area contributed by atoms with Gasteiger partial charge in [0.15, 0.2) is 0 Å². The van der Waals surface area contributed by atoms with Gasteiger partial charge in [0.05, 0.1) is 12.0 Å². The lowest BCUT2D eigenvalue weighted by Crippen LogP contribution is -2.30. The smallest absolute Gasteiger partial charge is 0.306 e. The van der Waals surface area contributed by atoms with E-state index in [4.69, 9.17) is 9.84 Å². The monoisotopic (exact) mass is 331 g/mol. The number of nitrogens with one attached hydrogen (secondary N) is 1. The molecule has 0 aliphatic heterocycles. The first-order valence-corrected chi connectivity index (χ1v) is 8.92. The van der Waals surface area contributed by atoms with E-state index < -0.39 is 11.9 Å². The molecule has 0 heterocycles. The van der Waals surface area contributed by atoms with E-state index in [0.717, 1.165) is 37.1 Å². The summed E-state index contributed by atoms with van der Waals surface area (Å²) in [4.78, 5) is 23.5. The van der Waals surface area contributed by atoms with Crippen LogP contribution < -0.4 is 10.1 Å². The van der Waals surface area contributed by atoms with Crippen LogP contribution in [0, 0.1) is 11.8 Å². The van der Waals surface area contributed by atoms with Gasteiger partial charge in [-0.15, -0.1) is 0 Å². The minimum atomic E-state index is -0.791. The fraction of sp³-hybridized carbons (Fsp3) is 0.579. The van der Waals surface area contributed by atoms with Crippen molar-refractivity contribution in [1.82, 2.24) is 0 Å². The van der Waals surface area contributed by atoms with Gasteiger partial charge in [0, 0.05) is 11.6 Å². The number of benzene rings is 1. The summed E-state index contributed by atoms with van der Waals surface area (Å²) in [7, 11) is 0. The van der Waals surface area contributed by atoms with E-state index in [0.29, 0.717) is 18.9 Å². The molecule has 2 saturated carbocycles. The first-order chi connectivity index (χ1) is 11.6. The fourth-order valence-electron chi connectivity index (χ4n) is 3.71. The van der Waals surface area contributed by atoms with E-state index in [-0.39, 0.29) is 11.8 Å². The summed E-state index contributed by atoms with van der Waals surface area (Å²) in [5.41, 5.74) is 0.733. The van der Waals surface area contributed by atoms with Crippen LogP contribution in [-0.4, -0.2) is 23.1 Å². The van der Waals surface area contributed by atoms with Crippen LogP contribution in [0.15, 0.2) is 24.3 Å². The third-order valence-electron chi connectivity index (χ3n) is 5.12. The predicted octanol–water partition coefficient (Wildman–Crippen LogP) is 3.84. The highest BCUT2D eigenvalue weighted by Crippen LogP contribution is 2.30. The molecule has 130 valence electrons. The molecule has 0 saturated heterocycles. The Morgan fingerprint density at radius 3 is 2.29 bits per heavy atom. The fourth-order valence-corrected chi connectivity index (χ4v) is 3.71. The Balaban J connectivity index is 1.53. The third kappa shape index (κ3) is 4.28. The molecule has 2 unspecified atom stereocenters. The van der Waals surface area contributed by atoms with Gasteiger partial charge in [-0.1, -0.05) is 6.42 Å². The third-order valence-corrected chi connectivity index (χ3v) is 5.12. The molecule has 5 nitrogen and oxygen atoms in total. The summed E-state index contributed by atoms with van der Waals surface area (Å²) < 4.78 is 5.91. The number of hydrogen-bond acceptors (Lipinski definition) is 3. The maximum Gasteiger partial charge on any atom is 0.306 e. The minimum Gasteiger partial charge on any atom is -0.490 e. The Bertz CT molecular complexity index is 578. The van der Waals surface area contributed by atoms with Crippen molar-refractivity contribution in [2.45, 2.75) is 57.5 Å². The standard InChI is InChI=1S/C19H25NO4/c21-18(13-4-3-5-14(12-13)19(22)23)20-15-8-10-17(11-9-15)24-16-6-1-2-7-16/h8-11,13-14,16H,1-7,12H2,(H,20,21)(H,22,23). The largest absolute Gasteiger partial charge is 0.490 e. The minimum absolute atomic E-state index is 0.0783. The van der Waals surface area contributed by atoms with Crippen molar-refractivity contribution in [1.29, 1.82) is 0 Å². The van der Waals surface area contributed by atoms with Crippen molar-refractivity contribution in [2.24, 2.45) is 11.8 Å². The van der Waals surface area contributed by atoms with Crippen LogP contribution in [0.1, 0.15) is 51.4 Å². The van der Waals surface area contributed by atoms with Crippen molar-refractivity contribution >= 4 is 17.6 Å². The van der Waals surface area contributed by atoms with Crippen LogP contribution in [-0.2, 0) is 9.59 Å². The number of ether oxygens (including phenoxy) is 1. The molecular weight excluding hydrogens is 306 g/mol. The second-order valence-corrected chi connectivity index (χ2v) is 6.94. The van der Waals surface area contributed by atoms with Gasteiger partial charge < -0.3 is 15.2 Å². The lowest BCUT2D eigenvalue weighted by atomic mass is 9.81. The second-order valence-electron chi connectivity index (χ2n) is 6.94. The highest BCUT2D eigenvalue weighted by atomic mass is 16.5. The molecule has 0 radical (unpaired) electrons. The maximum atomic E-state index is 12.4. The number of carbonyl (C=O) groups is 2. The highest BCUT2D eigenvalue weighted by molar-refractivity contribution is 5.93. The van der Waals surface area contributed by atoms with Gasteiger partial charge in [-0.3, -0.25) is 9.59 Å². The molecule has 3 rings (SSSR count). The molecule has 5 heteroatoms. The molecule has 2 aliphatic rings. The van der Waals surface area contributed by atoms with E-state index >= 15 is 0 Å². The summed E-state index contributed by atoms with van der Waals surface area (Å²) in [6, 6.07) is 7.46. The average molecular weight is 331 g/mol. The summed E-state index contributed by atoms with van der Waals surface area (Å²) in [5, 5.41) is 12.0. The van der Waals surface area contributed by atoms with Crippen LogP contribution in [0.25, 0.3) is 0 Å². The van der Waals surface area contributed by atoms with Gasteiger partial charge in [0.1, 0.15) is 5.75 Å². The molecule has 2 fully saturated rings. The molecule has 0 aromatic heterocycles. The number of carboxylic acid groups (broad SMARTS) is 1. The molecule has 0 spiro atoms. The lowest BCUT2D eigenvalue weighted by molar-refractivity contribution is -0.143. The zero-order valence-electron chi connectivity index (χ0n) is 13.9. The first-order valence-electron chi connectivity index (χ1n) is 8.92. The first kappa shape index (κ1) is 16.8. The van der Waals surface area contributed by atoms with Crippen molar-refractivity contribution < 1.29 is 19.4 Å². The van der Waals surface area contributed by atoms with Gasteiger partial charge in [0.25, 0.3) is 0 Å². The average Bonchev–Trinajstić information content (AvgIpc) is 3.10. The molecule has 1 amide bonds. The molecule has 2 aliphatic carbocycles. The van der Waals surface area contributed by atoms with Crippen LogP contribution in [0.5, 0.6) is 5.75 Å². The van der Waals surface area contributed by atoms with E-state index in [1.54, 1.807) is 0 Å². The van der Waals surface area contributed by atoms with Crippen LogP contribution in [0.3, 0.4) is 0 Å². The number of aliphatic carboxylic acids is 1. The number of carbonyl (C=O) groups excluding carboxylic acids is 1. The molecule has 1 aromatic rings. The zero-order chi connectivity index (χ0) is 16.9. The Hall–Kier alpha value is -2.04. The Kier molecular flexibility index (Phi) is 5.38. The Labute approximate surface area is 142 Å². The number of hydrogen-bond donors (Lipinski definition) is 2. The summed E-state index contributed by atoms with van der Waals surface area (Å²) in [5.74, 6) is -0.638. The number of amides is 1. The number of carboxylic acids is 1. The molecule has 2 N–H and O–H groups in total. The second kappa shape index (κ2) is 7.69. The Morgan fingerprint density at radius 1 is 0.958 bits per heavy atom. The van der Waals surface area contributed by atoms with Crippen molar-refractivity contribution in [3.8, 4) is 5.75 Å². The van der Waals surface area contributed by atoms with Crippen LogP contribution in [0.4, 0.5) is 5.69 Å². The van der Waals surface area contributed by atoms with Crippen LogP contribution in [0.2, 0.25) is 0 Å². The number of rotatable bonds is 5. The highest BCUT2D eigenvalue weighted by Gasteiger charge is 2.31. The normalized spacial score (nSPS) is 24.5. The van der Waals surface area contributed by atoms with Crippen molar-refractivity contribution in [3.63, 3.8) is 0 Å². The van der Waals surface area contributed by atoms with E-state index in [1.807, 2.05) is 24.3 Å². The SMILES string of the molecule is O=C(O)C1CCCC(C(=O)Nc2ccc(OC3CCCC3)cc2)C1. The van der Waals surface area contributed by atoms with Gasteiger partial charge >= 0.3 is 5.97 Å². The molecule has 0 bridgehead atoms. The summed E-state index contributed by atoms with van der Waals surface area (Å²) in [6.45, 7) is 0. The maximum absolute atomic E-state index is 12.4. The summed E-state index contributed by atoms with van der Waals surface area (Å²) in [6.07, 6.45) is 7.68. The topological polar surface area (TPSA) is 75.6 Å². The van der Waals surface area contributed by atoms with Gasteiger partial charge in [-0.25, -0.2) is 0 Å². The summed E-state index contributed by atoms with van der Waals surface area (Å²) >= 11 is 0. The lowest BCUT2D eigenvalue weighted by Gasteiger charge is -2.25. The van der Waals surface area contributed by atoms with Gasteiger partial charge in [-0.05, 0) is 69.2 Å². The zero-order valence-corrected chi connectivity index (χ0v) is 13.9. The molecule has 2 atom stereocenters. The molecule has 24 heavy (non-hydrogen) atoms. The van der Waals surface area contributed by atoms with E-state index in [9.17, 15) is 9.59 Å².